The summed E-state index contributed by atoms with van der Waals surface area (Å²) in [6.45, 7) is 2.22. The van der Waals surface area contributed by atoms with Crippen molar-refractivity contribution >= 4 is 28.9 Å². The average molecular weight is 426 g/mol. The van der Waals surface area contributed by atoms with Crippen LogP contribution in [0.25, 0.3) is 11.0 Å². The van der Waals surface area contributed by atoms with Gasteiger partial charge in [0.15, 0.2) is 5.92 Å². The summed E-state index contributed by atoms with van der Waals surface area (Å²) < 4.78 is 7.31. The number of nitrogens with zero attached hydrogens (tertiary/aromatic N) is 4. The zero-order valence-electron chi connectivity index (χ0n) is 17.6. The maximum atomic E-state index is 13.8. The van der Waals surface area contributed by atoms with Crippen LogP contribution in [0.2, 0.25) is 0 Å². The molecule has 2 aromatic carbocycles. The van der Waals surface area contributed by atoms with E-state index in [1.54, 1.807) is 18.0 Å². The number of pyridine rings is 1. The van der Waals surface area contributed by atoms with Gasteiger partial charge in [-0.25, -0.2) is 4.98 Å². The number of fused-ring (bicyclic) bond motifs is 3. The average Bonchev–Trinajstić information content (AvgIpc) is 3.21. The van der Waals surface area contributed by atoms with Gasteiger partial charge in [-0.3, -0.25) is 24.0 Å². The van der Waals surface area contributed by atoms with Crippen molar-refractivity contribution in [1.29, 1.82) is 0 Å². The van der Waals surface area contributed by atoms with Crippen LogP contribution in [0.5, 0.6) is 0 Å². The second kappa shape index (κ2) is 8.26. The minimum Gasteiger partial charge on any atom is -0.465 e. The molecule has 2 atom stereocenters. The Morgan fingerprint density at radius 1 is 1.00 bits per heavy atom. The number of ether oxygens (including phenoxy) is 1. The smallest absolute Gasteiger partial charge is 0.321 e. The summed E-state index contributed by atoms with van der Waals surface area (Å²) >= 11 is 0. The van der Waals surface area contributed by atoms with Crippen molar-refractivity contribution in [1.82, 2.24) is 14.5 Å². The number of hydrogen-bond donors (Lipinski definition) is 0. The molecule has 0 unspecified atom stereocenters. The largest absolute Gasteiger partial charge is 0.465 e. The van der Waals surface area contributed by atoms with Crippen LogP contribution in [0.4, 0.5) is 5.95 Å². The molecule has 0 fully saturated rings. The number of rotatable bonds is 5. The van der Waals surface area contributed by atoms with Gasteiger partial charge in [-0.2, -0.15) is 0 Å². The molecule has 0 saturated carbocycles. The predicted molar refractivity (Wildman–Crippen MR) is 120 cm³/mol. The molecule has 0 aliphatic carbocycles. The Balaban J connectivity index is 1.75. The highest BCUT2D eigenvalue weighted by Gasteiger charge is 2.48. The fraction of sp³-hybridized carbons (Fsp3) is 0.200. The van der Waals surface area contributed by atoms with Crippen molar-refractivity contribution in [2.75, 3.05) is 11.5 Å². The third kappa shape index (κ3) is 3.32. The summed E-state index contributed by atoms with van der Waals surface area (Å²) in [6.07, 6.45) is 1.66. The molecule has 1 aliphatic heterocycles. The molecule has 0 N–H and O–H groups in total. The lowest BCUT2D eigenvalue weighted by Crippen LogP contribution is -2.50. The number of amides is 1. The molecule has 7 heteroatoms. The number of imidazole rings is 1. The van der Waals surface area contributed by atoms with Crippen LogP contribution in [0, 0.1) is 5.92 Å². The first-order valence-corrected chi connectivity index (χ1v) is 10.6. The molecule has 0 spiro atoms. The molecule has 0 saturated heterocycles. The Kier molecular flexibility index (Phi) is 5.15. The summed E-state index contributed by atoms with van der Waals surface area (Å²) in [5.74, 6) is -1.48. The number of aromatic nitrogens is 3. The highest BCUT2D eigenvalue weighted by Crippen LogP contribution is 2.41. The zero-order chi connectivity index (χ0) is 22.1. The molecule has 32 heavy (non-hydrogen) atoms. The van der Waals surface area contributed by atoms with Crippen LogP contribution in [-0.2, 0) is 20.9 Å². The first-order chi connectivity index (χ1) is 15.7. The molecule has 0 bridgehead atoms. The first kappa shape index (κ1) is 19.9. The van der Waals surface area contributed by atoms with Gasteiger partial charge in [0.2, 0.25) is 11.9 Å². The second-order valence-corrected chi connectivity index (χ2v) is 7.61. The molecule has 2 aromatic heterocycles. The normalized spacial score (nSPS) is 17.9. The van der Waals surface area contributed by atoms with E-state index in [-0.39, 0.29) is 12.5 Å². The third-order valence-electron chi connectivity index (χ3n) is 5.66. The van der Waals surface area contributed by atoms with Gasteiger partial charge in [-0.1, -0.05) is 48.5 Å². The van der Waals surface area contributed by atoms with E-state index in [0.29, 0.717) is 18.2 Å². The molecule has 160 valence electrons. The highest BCUT2D eigenvalue weighted by atomic mass is 16.5. The van der Waals surface area contributed by atoms with Crippen molar-refractivity contribution in [3.05, 3.63) is 90.3 Å². The molecule has 4 aromatic rings. The van der Waals surface area contributed by atoms with Crippen LogP contribution in [0.15, 0.2) is 79.0 Å². The standard InChI is InChI=1S/C25H22N4O3/c1-2-32-24(31)21-22(19-13-8-9-15-26-19)29-20-14-7-6-12-18(20)27-25(29)28(23(21)30)16-17-10-4-3-5-11-17/h3-15,21-22H,2,16H2,1H3/t21-,22-/m1/s1. The summed E-state index contributed by atoms with van der Waals surface area (Å²) in [5.41, 5.74) is 3.14. The van der Waals surface area contributed by atoms with Gasteiger partial charge in [0.1, 0.15) is 6.04 Å². The SMILES string of the molecule is CCOC(=O)[C@H]1C(=O)N(Cc2ccccc2)c2nc3ccccc3n2[C@@H]1c1ccccn1. The summed E-state index contributed by atoms with van der Waals surface area (Å²) in [6, 6.07) is 22.2. The highest BCUT2D eigenvalue weighted by molar-refractivity contribution is 6.08. The van der Waals surface area contributed by atoms with Crippen LogP contribution >= 0.6 is 0 Å². The number of hydrogen-bond acceptors (Lipinski definition) is 5. The Hall–Kier alpha value is -4.00. The van der Waals surface area contributed by atoms with Crippen molar-refractivity contribution < 1.29 is 14.3 Å². The molecule has 0 radical (unpaired) electrons. The van der Waals surface area contributed by atoms with E-state index in [0.717, 1.165) is 16.6 Å². The van der Waals surface area contributed by atoms with E-state index in [2.05, 4.69) is 4.98 Å². The molecule has 1 amide bonds. The molecule has 3 heterocycles. The monoisotopic (exact) mass is 426 g/mol. The van der Waals surface area contributed by atoms with Crippen LogP contribution < -0.4 is 4.90 Å². The fourth-order valence-electron chi connectivity index (χ4n) is 4.28. The van der Waals surface area contributed by atoms with Crippen molar-refractivity contribution in [2.45, 2.75) is 19.5 Å². The molecular weight excluding hydrogens is 404 g/mol. The lowest BCUT2D eigenvalue weighted by molar-refractivity contribution is -0.153. The minimum atomic E-state index is -1.07. The first-order valence-electron chi connectivity index (χ1n) is 10.6. The number of anilines is 1. The summed E-state index contributed by atoms with van der Waals surface area (Å²) in [5, 5.41) is 0. The van der Waals surface area contributed by atoms with Gasteiger partial charge < -0.3 is 4.74 Å². The van der Waals surface area contributed by atoms with Gasteiger partial charge in [-0.05, 0) is 36.8 Å². The number of carbonyl (C=O) groups excluding carboxylic acids is 2. The molecular formula is C25H22N4O3. The van der Waals surface area contributed by atoms with Crippen LogP contribution in [0.3, 0.4) is 0 Å². The zero-order valence-corrected chi connectivity index (χ0v) is 17.6. The number of benzene rings is 2. The predicted octanol–water partition coefficient (Wildman–Crippen LogP) is 3.75. The Morgan fingerprint density at radius 2 is 1.75 bits per heavy atom. The lowest BCUT2D eigenvalue weighted by Gasteiger charge is -2.37. The Bertz CT molecular complexity index is 1270. The minimum absolute atomic E-state index is 0.188. The summed E-state index contributed by atoms with van der Waals surface area (Å²) in [4.78, 5) is 37.8. The Morgan fingerprint density at radius 3 is 2.50 bits per heavy atom. The van der Waals surface area contributed by atoms with E-state index in [9.17, 15) is 9.59 Å². The van der Waals surface area contributed by atoms with Gasteiger partial charge in [0.25, 0.3) is 0 Å². The van der Waals surface area contributed by atoms with Crippen molar-refractivity contribution in [3.8, 4) is 0 Å². The van der Waals surface area contributed by atoms with Crippen molar-refractivity contribution in [2.24, 2.45) is 5.92 Å². The van der Waals surface area contributed by atoms with Crippen LogP contribution in [-0.4, -0.2) is 33.0 Å². The number of para-hydroxylation sites is 2. The van der Waals surface area contributed by atoms with E-state index in [1.807, 2.05) is 77.4 Å². The Labute approximate surface area is 185 Å². The van der Waals surface area contributed by atoms with Crippen LogP contribution in [0.1, 0.15) is 24.2 Å². The van der Waals surface area contributed by atoms with Gasteiger partial charge in [0, 0.05) is 6.20 Å². The van der Waals surface area contributed by atoms with E-state index < -0.39 is 17.9 Å². The number of carbonyl (C=O) groups is 2. The molecule has 7 nitrogen and oxygen atoms in total. The molecule has 5 rings (SSSR count). The molecule has 1 aliphatic rings. The van der Waals surface area contributed by atoms with E-state index >= 15 is 0 Å². The maximum Gasteiger partial charge on any atom is 0.321 e. The van der Waals surface area contributed by atoms with E-state index in [1.165, 1.54) is 0 Å². The fourth-order valence-corrected chi connectivity index (χ4v) is 4.28. The second-order valence-electron chi connectivity index (χ2n) is 7.61. The third-order valence-corrected chi connectivity index (χ3v) is 5.66. The topological polar surface area (TPSA) is 77.3 Å². The lowest BCUT2D eigenvalue weighted by atomic mass is 9.92. The van der Waals surface area contributed by atoms with Crippen molar-refractivity contribution in [3.63, 3.8) is 0 Å². The van der Waals surface area contributed by atoms with Gasteiger partial charge >= 0.3 is 5.97 Å². The van der Waals surface area contributed by atoms with Gasteiger partial charge in [0.05, 0.1) is 29.9 Å². The van der Waals surface area contributed by atoms with E-state index in [4.69, 9.17) is 9.72 Å². The number of esters is 1. The maximum absolute atomic E-state index is 13.8. The summed E-state index contributed by atoms with van der Waals surface area (Å²) in [7, 11) is 0. The van der Waals surface area contributed by atoms with Gasteiger partial charge in [-0.15, -0.1) is 0 Å². The quantitative estimate of drug-likeness (QED) is 0.359.